The van der Waals surface area contributed by atoms with Gasteiger partial charge in [-0.3, -0.25) is 4.68 Å². The lowest BCUT2D eigenvalue weighted by atomic mass is 9.85. The Balaban J connectivity index is 2.01. The third-order valence-electron chi connectivity index (χ3n) is 3.70. The van der Waals surface area contributed by atoms with Crippen LogP contribution in [0.1, 0.15) is 38.8 Å². The molecule has 1 aromatic rings. The number of halogens is 1. The molecule has 1 heterocycles. The van der Waals surface area contributed by atoms with E-state index >= 15 is 0 Å². The van der Waals surface area contributed by atoms with Crippen molar-refractivity contribution in [1.82, 2.24) is 15.1 Å². The van der Waals surface area contributed by atoms with Gasteiger partial charge in [0.15, 0.2) is 0 Å². The van der Waals surface area contributed by atoms with Gasteiger partial charge in [0, 0.05) is 18.6 Å². The summed E-state index contributed by atoms with van der Waals surface area (Å²) in [6.07, 6.45) is 5.69. The topological polar surface area (TPSA) is 39.1 Å². The second-order valence-electron chi connectivity index (χ2n) is 5.92. The molecule has 0 unspecified atom stereocenters. The molecule has 1 N–H and O–H groups in total. The minimum Gasteiger partial charge on any atom is -0.383 e. The van der Waals surface area contributed by atoms with Gasteiger partial charge in [0.1, 0.15) is 0 Å². The normalized spacial score (nSPS) is 16.0. The number of rotatable bonds is 8. The lowest BCUT2D eigenvalue weighted by Gasteiger charge is -2.26. The molecule has 0 radical (unpaired) electrons. The highest BCUT2D eigenvalue weighted by Crippen LogP contribution is 2.33. The maximum absolute atomic E-state index is 5.16. The van der Waals surface area contributed by atoms with E-state index in [2.05, 4.69) is 44.9 Å². The maximum atomic E-state index is 5.16. The highest BCUT2D eigenvalue weighted by molar-refractivity contribution is 9.10. The van der Waals surface area contributed by atoms with E-state index in [1.165, 1.54) is 18.5 Å². The van der Waals surface area contributed by atoms with E-state index in [1.54, 1.807) is 7.11 Å². The summed E-state index contributed by atoms with van der Waals surface area (Å²) in [5.41, 5.74) is 1.37. The van der Waals surface area contributed by atoms with Crippen LogP contribution in [0.4, 0.5) is 0 Å². The molecule has 108 valence electrons. The Kier molecular flexibility index (Phi) is 5.03. The molecular weight excluding hydrogens is 306 g/mol. The summed E-state index contributed by atoms with van der Waals surface area (Å²) in [5, 5.41) is 8.03. The first kappa shape index (κ1) is 15.0. The Labute approximate surface area is 124 Å². The van der Waals surface area contributed by atoms with Crippen LogP contribution in [-0.2, 0) is 16.7 Å². The first-order chi connectivity index (χ1) is 9.04. The van der Waals surface area contributed by atoms with Crippen molar-refractivity contribution in [3.05, 3.63) is 16.4 Å². The molecule has 19 heavy (non-hydrogen) atoms. The van der Waals surface area contributed by atoms with Crippen molar-refractivity contribution >= 4 is 15.9 Å². The molecule has 1 aromatic heterocycles. The highest BCUT2D eigenvalue weighted by atomic mass is 79.9. The van der Waals surface area contributed by atoms with E-state index in [1.807, 2.05) is 6.20 Å². The molecule has 0 aromatic carbocycles. The molecule has 1 saturated carbocycles. The molecule has 0 bridgehead atoms. The molecule has 1 aliphatic carbocycles. The summed E-state index contributed by atoms with van der Waals surface area (Å²) < 4.78 is 8.31. The average molecular weight is 330 g/mol. The van der Waals surface area contributed by atoms with Crippen molar-refractivity contribution < 1.29 is 4.74 Å². The van der Waals surface area contributed by atoms with Crippen LogP contribution in [-0.4, -0.2) is 36.1 Å². The van der Waals surface area contributed by atoms with Gasteiger partial charge in [-0.2, -0.15) is 5.10 Å². The van der Waals surface area contributed by atoms with Gasteiger partial charge < -0.3 is 10.1 Å². The molecule has 2 rings (SSSR count). The molecule has 5 heteroatoms. The zero-order valence-corrected chi connectivity index (χ0v) is 13.7. The fourth-order valence-electron chi connectivity index (χ4n) is 2.38. The number of aromatic nitrogens is 2. The number of ether oxygens (including phenoxy) is 1. The van der Waals surface area contributed by atoms with E-state index < -0.39 is 0 Å². The van der Waals surface area contributed by atoms with Gasteiger partial charge in [0.25, 0.3) is 0 Å². The number of hydrogen-bond acceptors (Lipinski definition) is 3. The zero-order chi connectivity index (χ0) is 13.9. The molecular formula is C14H24BrN3O. The molecule has 1 fully saturated rings. The fraction of sp³-hybridized carbons (Fsp3) is 0.786. The van der Waals surface area contributed by atoms with Crippen molar-refractivity contribution in [3.63, 3.8) is 0 Å². The Morgan fingerprint density at radius 3 is 2.89 bits per heavy atom. The van der Waals surface area contributed by atoms with Gasteiger partial charge >= 0.3 is 0 Å². The first-order valence-electron chi connectivity index (χ1n) is 6.98. The number of nitrogens with zero attached hydrogens (tertiary/aromatic N) is 2. The van der Waals surface area contributed by atoms with Crippen LogP contribution < -0.4 is 5.32 Å². The fourth-order valence-corrected chi connectivity index (χ4v) is 3.21. The number of methoxy groups -OCH3 is 1. The van der Waals surface area contributed by atoms with Crippen molar-refractivity contribution in [2.75, 3.05) is 20.3 Å². The SMILES string of the molecule is COCCn1ncc(Br)c1C(C)(C)CCNC1CC1. The average Bonchev–Trinajstić information content (AvgIpc) is 3.08. The zero-order valence-electron chi connectivity index (χ0n) is 12.1. The predicted molar refractivity (Wildman–Crippen MR) is 80.5 cm³/mol. The Morgan fingerprint density at radius 1 is 1.53 bits per heavy atom. The van der Waals surface area contributed by atoms with Crippen molar-refractivity contribution in [2.24, 2.45) is 0 Å². The van der Waals surface area contributed by atoms with Crippen LogP contribution in [0, 0.1) is 0 Å². The minimum atomic E-state index is 0.102. The molecule has 0 atom stereocenters. The summed E-state index contributed by atoms with van der Waals surface area (Å²) >= 11 is 3.63. The smallest absolute Gasteiger partial charge is 0.0659 e. The van der Waals surface area contributed by atoms with Crippen LogP contribution in [0.2, 0.25) is 0 Å². The lowest BCUT2D eigenvalue weighted by molar-refractivity contribution is 0.180. The van der Waals surface area contributed by atoms with Crippen molar-refractivity contribution in [1.29, 1.82) is 0 Å². The van der Waals surface area contributed by atoms with Crippen molar-refractivity contribution in [3.8, 4) is 0 Å². The third-order valence-corrected chi connectivity index (χ3v) is 4.28. The van der Waals surface area contributed by atoms with E-state index in [0.29, 0.717) is 6.61 Å². The standard InChI is InChI=1S/C14H24BrN3O/c1-14(2,6-7-16-11-4-5-11)13-12(15)10-17-18(13)8-9-19-3/h10-11,16H,4-9H2,1-3H3. The quantitative estimate of drug-likeness (QED) is 0.797. The van der Waals surface area contributed by atoms with Gasteiger partial charge in [-0.15, -0.1) is 0 Å². The van der Waals surface area contributed by atoms with Gasteiger partial charge in [0.05, 0.1) is 29.5 Å². The van der Waals surface area contributed by atoms with Crippen LogP contribution in [0.25, 0.3) is 0 Å². The first-order valence-corrected chi connectivity index (χ1v) is 7.78. The molecule has 0 aliphatic heterocycles. The predicted octanol–water partition coefficient (Wildman–Crippen LogP) is 2.71. The molecule has 0 spiro atoms. The van der Waals surface area contributed by atoms with E-state index in [0.717, 1.165) is 30.0 Å². The second-order valence-corrected chi connectivity index (χ2v) is 6.77. The summed E-state index contributed by atoms with van der Waals surface area (Å²) in [5.74, 6) is 0. The van der Waals surface area contributed by atoms with Gasteiger partial charge in [-0.05, 0) is 41.7 Å². The van der Waals surface area contributed by atoms with E-state index in [9.17, 15) is 0 Å². The lowest BCUT2D eigenvalue weighted by Crippen LogP contribution is -2.29. The Morgan fingerprint density at radius 2 is 2.26 bits per heavy atom. The summed E-state index contributed by atoms with van der Waals surface area (Å²) in [7, 11) is 1.73. The molecule has 4 nitrogen and oxygen atoms in total. The number of hydrogen-bond donors (Lipinski definition) is 1. The Bertz CT molecular complexity index is 413. The van der Waals surface area contributed by atoms with E-state index in [4.69, 9.17) is 4.74 Å². The summed E-state index contributed by atoms with van der Waals surface area (Å²) in [4.78, 5) is 0. The van der Waals surface area contributed by atoms with E-state index in [-0.39, 0.29) is 5.41 Å². The molecule has 0 saturated heterocycles. The largest absolute Gasteiger partial charge is 0.383 e. The summed E-state index contributed by atoms with van der Waals surface area (Å²) in [6.45, 7) is 7.13. The van der Waals surface area contributed by atoms with Gasteiger partial charge in [-0.1, -0.05) is 13.8 Å². The minimum absolute atomic E-state index is 0.102. The molecule has 0 amide bonds. The van der Waals surface area contributed by atoms with Gasteiger partial charge in [-0.25, -0.2) is 0 Å². The van der Waals surface area contributed by atoms with Crippen LogP contribution in [0.3, 0.4) is 0 Å². The third kappa shape index (κ3) is 4.04. The second kappa shape index (κ2) is 6.37. The number of nitrogens with one attached hydrogen (secondary N) is 1. The monoisotopic (exact) mass is 329 g/mol. The summed E-state index contributed by atoms with van der Waals surface area (Å²) in [6, 6.07) is 0.776. The van der Waals surface area contributed by atoms with Crippen LogP contribution >= 0.6 is 15.9 Å². The Hall–Kier alpha value is -0.390. The molecule has 1 aliphatic rings. The maximum Gasteiger partial charge on any atom is 0.0659 e. The van der Waals surface area contributed by atoms with Crippen molar-refractivity contribution in [2.45, 2.75) is 51.1 Å². The van der Waals surface area contributed by atoms with Gasteiger partial charge in [0.2, 0.25) is 0 Å². The highest BCUT2D eigenvalue weighted by Gasteiger charge is 2.28. The van der Waals surface area contributed by atoms with Crippen LogP contribution in [0.5, 0.6) is 0 Å². The van der Waals surface area contributed by atoms with Crippen LogP contribution in [0.15, 0.2) is 10.7 Å².